The van der Waals surface area contributed by atoms with Gasteiger partial charge in [0.25, 0.3) is 5.91 Å². The highest BCUT2D eigenvalue weighted by Crippen LogP contribution is 2.10. The lowest BCUT2D eigenvalue weighted by Crippen LogP contribution is -2.24. The molecule has 0 unspecified atom stereocenters. The van der Waals surface area contributed by atoms with Crippen molar-refractivity contribution in [1.82, 2.24) is 15.1 Å². The maximum Gasteiger partial charge on any atom is 0.271 e. The molecule has 1 aromatic heterocycles. The van der Waals surface area contributed by atoms with Crippen LogP contribution in [0.1, 0.15) is 35.8 Å². The van der Waals surface area contributed by atoms with Crippen LogP contribution >= 0.6 is 0 Å². The van der Waals surface area contributed by atoms with Gasteiger partial charge in [-0.1, -0.05) is 37.3 Å². The number of anilines is 1. The van der Waals surface area contributed by atoms with Gasteiger partial charge < -0.3 is 10.6 Å². The molecule has 1 aromatic carbocycles. The standard InChI is InChI=1S/C17H22N4O2/c1-3-11-18-17(23)14-12-15(21(2)20-14)19-16(22)10-9-13-7-5-4-6-8-13/h4-8,12H,3,9-11H2,1-2H3,(H,18,23)(H,19,22). The molecule has 0 saturated carbocycles. The summed E-state index contributed by atoms with van der Waals surface area (Å²) in [5.74, 6) is 0.189. The minimum absolute atomic E-state index is 0.0997. The van der Waals surface area contributed by atoms with E-state index in [1.165, 1.54) is 4.68 Å². The molecule has 2 aromatic rings. The number of carbonyl (C=O) groups is 2. The first kappa shape index (κ1) is 16.7. The summed E-state index contributed by atoms with van der Waals surface area (Å²) in [5.41, 5.74) is 1.42. The first-order valence-electron chi connectivity index (χ1n) is 7.76. The lowest BCUT2D eigenvalue weighted by atomic mass is 10.1. The highest BCUT2D eigenvalue weighted by atomic mass is 16.2. The zero-order chi connectivity index (χ0) is 16.7. The third kappa shape index (κ3) is 4.95. The Labute approximate surface area is 135 Å². The molecule has 0 fully saturated rings. The molecule has 0 radical (unpaired) electrons. The number of aryl methyl sites for hydroxylation is 2. The second kappa shape index (κ2) is 8.12. The normalized spacial score (nSPS) is 10.3. The number of nitrogens with one attached hydrogen (secondary N) is 2. The van der Waals surface area contributed by atoms with E-state index >= 15 is 0 Å². The molecule has 6 heteroatoms. The minimum Gasteiger partial charge on any atom is -0.351 e. The topological polar surface area (TPSA) is 76.0 Å². The van der Waals surface area contributed by atoms with Gasteiger partial charge in [-0.05, 0) is 18.4 Å². The Balaban J connectivity index is 1.90. The van der Waals surface area contributed by atoms with Crippen LogP contribution in [0.3, 0.4) is 0 Å². The molecule has 0 saturated heterocycles. The smallest absolute Gasteiger partial charge is 0.271 e. The molecular weight excluding hydrogens is 292 g/mol. The molecule has 2 N–H and O–H groups in total. The van der Waals surface area contributed by atoms with E-state index in [0.717, 1.165) is 12.0 Å². The first-order valence-corrected chi connectivity index (χ1v) is 7.76. The zero-order valence-corrected chi connectivity index (χ0v) is 13.5. The van der Waals surface area contributed by atoms with E-state index < -0.39 is 0 Å². The van der Waals surface area contributed by atoms with Gasteiger partial charge in [-0.3, -0.25) is 14.3 Å². The van der Waals surface area contributed by atoms with Crippen LogP contribution in [0.15, 0.2) is 36.4 Å². The van der Waals surface area contributed by atoms with Crippen LogP contribution in [0.25, 0.3) is 0 Å². The van der Waals surface area contributed by atoms with E-state index in [-0.39, 0.29) is 11.8 Å². The van der Waals surface area contributed by atoms with Crippen molar-refractivity contribution >= 4 is 17.6 Å². The molecule has 6 nitrogen and oxygen atoms in total. The Bertz CT molecular complexity index is 664. The molecule has 0 aliphatic carbocycles. The van der Waals surface area contributed by atoms with E-state index in [0.29, 0.717) is 30.9 Å². The van der Waals surface area contributed by atoms with Gasteiger partial charge >= 0.3 is 0 Å². The number of hydrogen-bond donors (Lipinski definition) is 2. The molecule has 23 heavy (non-hydrogen) atoms. The van der Waals surface area contributed by atoms with E-state index in [2.05, 4.69) is 15.7 Å². The second-order valence-corrected chi connectivity index (χ2v) is 5.33. The maximum atomic E-state index is 12.0. The summed E-state index contributed by atoms with van der Waals surface area (Å²) in [4.78, 5) is 23.9. The average molecular weight is 314 g/mol. The molecule has 0 bridgehead atoms. The van der Waals surface area contributed by atoms with Crippen LogP contribution < -0.4 is 10.6 Å². The zero-order valence-electron chi connectivity index (χ0n) is 13.5. The van der Waals surface area contributed by atoms with Gasteiger partial charge in [-0.2, -0.15) is 5.10 Å². The van der Waals surface area contributed by atoms with Crippen molar-refractivity contribution in [2.45, 2.75) is 26.2 Å². The Kier molecular flexibility index (Phi) is 5.91. The summed E-state index contributed by atoms with van der Waals surface area (Å²) < 4.78 is 1.50. The van der Waals surface area contributed by atoms with Crippen molar-refractivity contribution in [2.24, 2.45) is 7.05 Å². The third-order valence-corrected chi connectivity index (χ3v) is 3.40. The fourth-order valence-electron chi connectivity index (χ4n) is 2.13. The number of aromatic nitrogens is 2. The number of nitrogens with zero attached hydrogens (tertiary/aromatic N) is 2. The van der Waals surface area contributed by atoms with Crippen molar-refractivity contribution in [3.05, 3.63) is 47.7 Å². The summed E-state index contributed by atoms with van der Waals surface area (Å²) in [7, 11) is 1.70. The summed E-state index contributed by atoms with van der Waals surface area (Å²) in [5, 5.41) is 9.68. The van der Waals surface area contributed by atoms with Crippen molar-refractivity contribution < 1.29 is 9.59 Å². The predicted octanol–water partition coefficient (Wildman–Crippen LogP) is 2.13. The monoisotopic (exact) mass is 314 g/mol. The Morgan fingerprint density at radius 3 is 2.65 bits per heavy atom. The molecule has 0 aliphatic heterocycles. The molecule has 2 rings (SSSR count). The lowest BCUT2D eigenvalue weighted by molar-refractivity contribution is -0.116. The van der Waals surface area contributed by atoms with Gasteiger partial charge in [0.2, 0.25) is 5.91 Å². The quantitative estimate of drug-likeness (QED) is 0.822. The minimum atomic E-state index is -0.229. The van der Waals surface area contributed by atoms with E-state index in [1.807, 2.05) is 37.3 Å². The number of rotatable bonds is 7. The van der Waals surface area contributed by atoms with E-state index in [4.69, 9.17) is 0 Å². The average Bonchev–Trinajstić information content (AvgIpc) is 2.92. The highest BCUT2D eigenvalue weighted by molar-refractivity contribution is 5.95. The highest BCUT2D eigenvalue weighted by Gasteiger charge is 2.13. The molecule has 2 amide bonds. The third-order valence-electron chi connectivity index (χ3n) is 3.40. The predicted molar refractivity (Wildman–Crippen MR) is 89.2 cm³/mol. The SMILES string of the molecule is CCCNC(=O)c1cc(NC(=O)CCc2ccccc2)n(C)n1. The van der Waals surface area contributed by atoms with Crippen LogP contribution in [0.5, 0.6) is 0 Å². The van der Waals surface area contributed by atoms with E-state index in [1.54, 1.807) is 13.1 Å². The molecule has 0 aliphatic rings. The van der Waals surface area contributed by atoms with Gasteiger partial charge in [-0.15, -0.1) is 0 Å². The lowest BCUT2D eigenvalue weighted by Gasteiger charge is -2.05. The summed E-state index contributed by atoms with van der Waals surface area (Å²) in [6.45, 7) is 2.59. The van der Waals surface area contributed by atoms with Crippen molar-refractivity contribution in [2.75, 3.05) is 11.9 Å². The van der Waals surface area contributed by atoms with Crippen LogP contribution in [0, 0.1) is 0 Å². The fraction of sp³-hybridized carbons (Fsp3) is 0.353. The van der Waals surface area contributed by atoms with Crippen LogP contribution in [0.2, 0.25) is 0 Å². The van der Waals surface area contributed by atoms with Crippen molar-refractivity contribution in [3.63, 3.8) is 0 Å². The summed E-state index contributed by atoms with van der Waals surface area (Å²) >= 11 is 0. The van der Waals surface area contributed by atoms with Gasteiger partial charge in [0, 0.05) is 26.1 Å². The molecule has 122 valence electrons. The van der Waals surface area contributed by atoms with Gasteiger partial charge in [0.05, 0.1) is 0 Å². The van der Waals surface area contributed by atoms with Crippen LogP contribution in [0.4, 0.5) is 5.82 Å². The van der Waals surface area contributed by atoms with Crippen molar-refractivity contribution in [1.29, 1.82) is 0 Å². The number of benzene rings is 1. The van der Waals surface area contributed by atoms with Gasteiger partial charge in [-0.25, -0.2) is 0 Å². The summed E-state index contributed by atoms with van der Waals surface area (Å²) in [6, 6.07) is 11.4. The number of hydrogen-bond acceptors (Lipinski definition) is 3. The molecule has 0 atom stereocenters. The Morgan fingerprint density at radius 2 is 1.96 bits per heavy atom. The fourth-order valence-corrected chi connectivity index (χ4v) is 2.13. The van der Waals surface area contributed by atoms with Gasteiger partial charge in [0.1, 0.15) is 5.82 Å². The molecular formula is C17H22N4O2. The first-order chi connectivity index (χ1) is 11.1. The molecule has 1 heterocycles. The van der Waals surface area contributed by atoms with Crippen molar-refractivity contribution in [3.8, 4) is 0 Å². The van der Waals surface area contributed by atoms with Gasteiger partial charge in [0.15, 0.2) is 5.69 Å². The summed E-state index contributed by atoms with van der Waals surface area (Å²) in [6.07, 6.45) is 1.92. The Morgan fingerprint density at radius 1 is 1.22 bits per heavy atom. The maximum absolute atomic E-state index is 12.0. The second-order valence-electron chi connectivity index (χ2n) is 5.33. The Hall–Kier alpha value is -2.63. The largest absolute Gasteiger partial charge is 0.351 e. The number of carbonyl (C=O) groups excluding carboxylic acids is 2. The molecule has 0 spiro atoms. The van der Waals surface area contributed by atoms with Crippen LogP contribution in [-0.4, -0.2) is 28.1 Å². The van der Waals surface area contributed by atoms with E-state index in [9.17, 15) is 9.59 Å². The van der Waals surface area contributed by atoms with Crippen LogP contribution in [-0.2, 0) is 18.3 Å². The number of amides is 2.